The number of nitrogens with zero attached hydrogens (tertiary/aromatic N) is 1. The van der Waals surface area contributed by atoms with Gasteiger partial charge in [-0.15, -0.1) is 0 Å². The molecule has 1 saturated heterocycles. The highest BCUT2D eigenvalue weighted by molar-refractivity contribution is 5.71. The second-order valence-electron chi connectivity index (χ2n) is 8.35. The summed E-state index contributed by atoms with van der Waals surface area (Å²) < 4.78 is 6.23. The molecule has 2 aromatic carbocycles. The maximum atomic E-state index is 6.23. The van der Waals surface area contributed by atoms with E-state index in [1.165, 1.54) is 65.0 Å². The van der Waals surface area contributed by atoms with Crippen molar-refractivity contribution in [1.82, 2.24) is 0 Å². The van der Waals surface area contributed by atoms with Gasteiger partial charge in [0.25, 0.3) is 0 Å². The molecule has 2 heteroatoms. The molecule has 0 amide bonds. The molecule has 2 aromatic rings. The van der Waals surface area contributed by atoms with E-state index in [1.54, 1.807) is 0 Å². The van der Waals surface area contributed by atoms with Gasteiger partial charge in [-0.3, -0.25) is 0 Å². The van der Waals surface area contributed by atoms with Crippen LogP contribution in [0.4, 0.5) is 5.69 Å². The SMILES string of the molecule is Cc1c(C)c(N2CCCC2)c(C)c2c1OCC2c1ccc(C(C)C)cc1. The van der Waals surface area contributed by atoms with Gasteiger partial charge in [-0.25, -0.2) is 0 Å². The van der Waals surface area contributed by atoms with E-state index in [0.717, 1.165) is 12.4 Å². The average Bonchev–Trinajstić information content (AvgIpc) is 3.30. The van der Waals surface area contributed by atoms with Crippen molar-refractivity contribution >= 4 is 5.69 Å². The minimum Gasteiger partial charge on any atom is -0.492 e. The minimum atomic E-state index is 0.354. The highest BCUT2D eigenvalue weighted by atomic mass is 16.5. The Kier molecular flexibility index (Phi) is 4.46. The largest absolute Gasteiger partial charge is 0.492 e. The first-order valence-electron chi connectivity index (χ1n) is 10.1. The van der Waals surface area contributed by atoms with Crippen LogP contribution in [-0.4, -0.2) is 19.7 Å². The van der Waals surface area contributed by atoms with Gasteiger partial charge in [0.2, 0.25) is 0 Å². The molecule has 2 nitrogen and oxygen atoms in total. The molecule has 1 atom stereocenters. The van der Waals surface area contributed by atoms with Gasteiger partial charge in [-0.2, -0.15) is 0 Å². The second kappa shape index (κ2) is 6.64. The topological polar surface area (TPSA) is 12.5 Å². The van der Waals surface area contributed by atoms with E-state index in [2.05, 4.69) is 63.8 Å². The van der Waals surface area contributed by atoms with E-state index in [0.29, 0.717) is 11.8 Å². The summed E-state index contributed by atoms with van der Waals surface area (Å²) in [5, 5.41) is 0. The number of ether oxygens (including phenoxy) is 1. The summed E-state index contributed by atoms with van der Waals surface area (Å²) in [4.78, 5) is 2.59. The Morgan fingerprint density at radius 2 is 1.58 bits per heavy atom. The molecule has 0 bridgehead atoms. The van der Waals surface area contributed by atoms with Gasteiger partial charge in [-0.05, 0) is 67.3 Å². The maximum absolute atomic E-state index is 6.23. The summed E-state index contributed by atoms with van der Waals surface area (Å²) in [5.74, 6) is 2.07. The van der Waals surface area contributed by atoms with Gasteiger partial charge in [0, 0.05) is 30.3 Å². The number of fused-ring (bicyclic) bond motifs is 1. The fourth-order valence-electron chi connectivity index (χ4n) is 4.78. The average molecular weight is 350 g/mol. The fraction of sp³-hybridized carbons (Fsp3) is 0.500. The van der Waals surface area contributed by atoms with E-state index >= 15 is 0 Å². The van der Waals surface area contributed by atoms with Crippen LogP contribution >= 0.6 is 0 Å². The third-order valence-electron chi connectivity index (χ3n) is 6.43. The van der Waals surface area contributed by atoms with Crippen molar-refractivity contribution in [3.8, 4) is 5.75 Å². The van der Waals surface area contributed by atoms with Gasteiger partial charge in [-0.1, -0.05) is 38.1 Å². The fourth-order valence-corrected chi connectivity index (χ4v) is 4.78. The van der Waals surface area contributed by atoms with Crippen LogP contribution in [0.3, 0.4) is 0 Å². The number of hydrogen-bond acceptors (Lipinski definition) is 2. The van der Waals surface area contributed by atoms with Crippen LogP contribution in [0.2, 0.25) is 0 Å². The van der Waals surface area contributed by atoms with E-state index < -0.39 is 0 Å². The van der Waals surface area contributed by atoms with Crippen molar-refractivity contribution in [3.05, 3.63) is 57.6 Å². The van der Waals surface area contributed by atoms with Crippen LogP contribution in [-0.2, 0) is 0 Å². The molecule has 0 saturated carbocycles. The molecule has 1 unspecified atom stereocenters. The van der Waals surface area contributed by atoms with Crippen molar-refractivity contribution in [2.75, 3.05) is 24.6 Å². The van der Waals surface area contributed by atoms with Gasteiger partial charge >= 0.3 is 0 Å². The molecule has 0 spiro atoms. The van der Waals surface area contributed by atoms with Crippen molar-refractivity contribution < 1.29 is 4.74 Å². The Hall–Kier alpha value is -1.96. The van der Waals surface area contributed by atoms with Crippen molar-refractivity contribution in [3.63, 3.8) is 0 Å². The third kappa shape index (κ3) is 2.71. The Morgan fingerprint density at radius 3 is 2.19 bits per heavy atom. The minimum absolute atomic E-state index is 0.354. The molecule has 26 heavy (non-hydrogen) atoms. The molecule has 0 aromatic heterocycles. The molecule has 2 aliphatic rings. The number of rotatable bonds is 3. The summed E-state index contributed by atoms with van der Waals surface area (Å²) in [6, 6.07) is 9.19. The molecule has 0 radical (unpaired) electrons. The first-order chi connectivity index (χ1) is 12.5. The highest BCUT2D eigenvalue weighted by Gasteiger charge is 2.33. The van der Waals surface area contributed by atoms with Crippen molar-refractivity contribution in [2.24, 2.45) is 0 Å². The molecule has 2 heterocycles. The first-order valence-corrected chi connectivity index (χ1v) is 10.1. The molecule has 4 rings (SSSR count). The lowest BCUT2D eigenvalue weighted by atomic mass is 9.85. The molecule has 2 aliphatic heterocycles. The lowest BCUT2D eigenvalue weighted by Gasteiger charge is -2.27. The quantitative estimate of drug-likeness (QED) is 0.688. The lowest BCUT2D eigenvalue weighted by molar-refractivity contribution is 0.341. The molecule has 1 fully saturated rings. The monoisotopic (exact) mass is 349 g/mol. The van der Waals surface area contributed by atoms with Crippen LogP contribution < -0.4 is 9.64 Å². The normalized spacial score (nSPS) is 19.2. The predicted octanol–water partition coefficient (Wildman–Crippen LogP) is 5.86. The zero-order valence-corrected chi connectivity index (χ0v) is 16.9. The van der Waals surface area contributed by atoms with Gasteiger partial charge < -0.3 is 9.64 Å². The summed E-state index contributed by atoms with van der Waals surface area (Å²) in [7, 11) is 0. The van der Waals surface area contributed by atoms with Crippen LogP contribution in [0, 0.1) is 20.8 Å². The van der Waals surface area contributed by atoms with Crippen LogP contribution in [0.5, 0.6) is 5.75 Å². The summed E-state index contributed by atoms with van der Waals surface area (Å²) in [6.07, 6.45) is 2.62. The molecule has 0 aliphatic carbocycles. The van der Waals surface area contributed by atoms with Crippen LogP contribution in [0.15, 0.2) is 24.3 Å². The highest BCUT2D eigenvalue weighted by Crippen LogP contribution is 2.48. The number of anilines is 1. The number of benzene rings is 2. The zero-order chi connectivity index (χ0) is 18.4. The van der Waals surface area contributed by atoms with Crippen molar-refractivity contribution in [2.45, 2.75) is 59.3 Å². The molecule has 138 valence electrons. The van der Waals surface area contributed by atoms with Gasteiger partial charge in [0.15, 0.2) is 0 Å². The summed E-state index contributed by atoms with van der Waals surface area (Å²) in [6.45, 7) is 14.5. The number of hydrogen-bond donors (Lipinski definition) is 0. The smallest absolute Gasteiger partial charge is 0.126 e. The Labute approximate surface area is 158 Å². The van der Waals surface area contributed by atoms with E-state index in [4.69, 9.17) is 4.74 Å². The van der Waals surface area contributed by atoms with Gasteiger partial charge in [0.1, 0.15) is 5.75 Å². The van der Waals surface area contributed by atoms with Gasteiger partial charge in [0.05, 0.1) is 6.61 Å². The van der Waals surface area contributed by atoms with E-state index in [1.807, 2.05) is 0 Å². The summed E-state index contributed by atoms with van der Waals surface area (Å²) in [5.41, 5.74) is 9.84. The molecular formula is C24H31NO. The Morgan fingerprint density at radius 1 is 0.923 bits per heavy atom. The standard InChI is InChI=1S/C24H31NO/c1-15(2)19-8-10-20(11-9-19)21-14-26-24-17(4)16(3)23(18(5)22(21)24)25-12-6-7-13-25/h8-11,15,21H,6-7,12-14H2,1-5H3. The lowest BCUT2D eigenvalue weighted by Crippen LogP contribution is -2.21. The predicted molar refractivity (Wildman–Crippen MR) is 110 cm³/mol. The van der Waals surface area contributed by atoms with Crippen molar-refractivity contribution in [1.29, 1.82) is 0 Å². The summed E-state index contributed by atoms with van der Waals surface area (Å²) >= 11 is 0. The Balaban J connectivity index is 1.80. The maximum Gasteiger partial charge on any atom is 0.126 e. The second-order valence-corrected chi connectivity index (χ2v) is 8.35. The Bertz CT molecular complexity index is 813. The van der Waals surface area contributed by atoms with E-state index in [9.17, 15) is 0 Å². The molecule has 0 N–H and O–H groups in total. The van der Waals surface area contributed by atoms with Crippen LogP contribution in [0.1, 0.15) is 71.9 Å². The van der Waals surface area contributed by atoms with Crippen LogP contribution in [0.25, 0.3) is 0 Å². The third-order valence-corrected chi connectivity index (χ3v) is 6.43. The first kappa shape index (κ1) is 17.5. The van der Waals surface area contributed by atoms with E-state index in [-0.39, 0.29) is 0 Å². The zero-order valence-electron chi connectivity index (χ0n) is 16.9. The molecular weight excluding hydrogens is 318 g/mol.